The van der Waals surface area contributed by atoms with Crippen LogP contribution in [0.15, 0.2) is 65.2 Å². The van der Waals surface area contributed by atoms with Crippen LogP contribution in [-0.2, 0) is 21.3 Å². The van der Waals surface area contributed by atoms with Crippen molar-refractivity contribution in [1.29, 1.82) is 0 Å². The lowest BCUT2D eigenvalue weighted by Crippen LogP contribution is -2.08. The maximum absolute atomic E-state index is 12.4. The highest BCUT2D eigenvalue weighted by molar-refractivity contribution is 7.89. The molecule has 0 saturated carbocycles. The van der Waals surface area contributed by atoms with Crippen molar-refractivity contribution in [2.75, 3.05) is 7.11 Å². The molecule has 0 aliphatic heterocycles. The maximum atomic E-state index is 12.4. The number of rotatable bonds is 6. The van der Waals surface area contributed by atoms with Gasteiger partial charge in [-0.2, -0.15) is 0 Å². The fourth-order valence-corrected chi connectivity index (χ4v) is 3.79. The van der Waals surface area contributed by atoms with Crippen molar-refractivity contribution in [3.63, 3.8) is 0 Å². The molecule has 0 aliphatic rings. The van der Waals surface area contributed by atoms with Crippen LogP contribution in [0.3, 0.4) is 0 Å². The van der Waals surface area contributed by atoms with E-state index in [-0.39, 0.29) is 11.5 Å². The summed E-state index contributed by atoms with van der Waals surface area (Å²) in [5, 5.41) is 3.87. The Morgan fingerprint density at radius 1 is 1.00 bits per heavy atom. The highest BCUT2D eigenvalue weighted by atomic mass is 32.2. The number of benzene rings is 2. The first-order valence-corrected chi connectivity index (χ1v) is 9.22. The van der Waals surface area contributed by atoms with Crippen molar-refractivity contribution in [3.8, 4) is 17.1 Å². The number of methoxy groups -OCH3 is 1. The van der Waals surface area contributed by atoms with Crippen molar-refractivity contribution < 1.29 is 17.7 Å². The number of aromatic nitrogens is 1. The molecule has 0 N–H and O–H groups in total. The summed E-state index contributed by atoms with van der Waals surface area (Å²) >= 11 is 0. The molecule has 3 aromatic rings. The summed E-state index contributed by atoms with van der Waals surface area (Å²) in [5.41, 5.74) is 1.94. The van der Waals surface area contributed by atoms with E-state index in [0.717, 1.165) is 5.56 Å². The minimum atomic E-state index is -3.36. The van der Waals surface area contributed by atoms with Crippen molar-refractivity contribution in [2.24, 2.45) is 0 Å². The summed E-state index contributed by atoms with van der Waals surface area (Å²) < 4.78 is 35.2. The van der Waals surface area contributed by atoms with Gasteiger partial charge < -0.3 is 9.26 Å². The third kappa shape index (κ3) is 4.02. The summed E-state index contributed by atoms with van der Waals surface area (Å²) in [5.74, 6) is 0.954. The molecule has 3 rings (SSSR count). The van der Waals surface area contributed by atoms with E-state index in [1.807, 2.05) is 30.3 Å². The van der Waals surface area contributed by atoms with Gasteiger partial charge in [-0.15, -0.1) is 0 Å². The van der Waals surface area contributed by atoms with E-state index in [1.165, 1.54) is 0 Å². The number of ether oxygens (including phenoxy) is 1. The molecule has 6 heteroatoms. The highest BCUT2D eigenvalue weighted by Crippen LogP contribution is 2.22. The van der Waals surface area contributed by atoms with Crippen LogP contribution in [0, 0.1) is 0 Å². The van der Waals surface area contributed by atoms with Crippen LogP contribution in [-0.4, -0.2) is 20.7 Å². The second kappa shape index (κ2) is 6.88. The third-order valence-corrected chi connectivity index (χ3v) is 5.01. The quantitative estimate of drug-likeness (QED) is 0.685. The fourth-order valence-electron chi connectivity index (χ4n) is 2.41. The Morgan fingerprint density at radius 3 is 2.54 bits per heavy atom. The summed E-state index contributed by atoms with van der Waals surface area (Å²) in [6.07, 6.45) is 0. The van der Waals surface area contributed by atoms with Crippen LogP contribution in [0.2, 0.25) is 0 Å². The minimum Gasteiger partial charge on any atom is -0.497 e. The van der Waals surface area contributed by atoms with Gasteiger partial charge in [0.25, 0.3) is 0 Å². The van der Waals surface area contributed by atoms with E-state index < -0.39 is 9.84 Å². The van der Waals surface area contributed by atoms with Crippen LogP contribution in [0.4, 0.5) is 0 Å². The molecule has 0 atom stereocenters. The summed E-state index contributed by atoms with van der Waals surface area (Å²) in [6.45, 7) is 0. The van der Waals surface area contributed by atoms with Gasteiger partial charge in [0.15, 0.2) is 15.6 Å². The van der Waals surface area contributed by atoms with Gasteiger partial charge in [-0.05, 0) is 17.7 Å². The number of sulfone groups is 1. The van der Waals surface area contributed by atoms with Gasteiger partial charge in [-0.1, -0.05) is 47.6 Å². The average Bonchev–Trinajstić information content (AvgIpc) is 3.03. The highest BCUT2D eigenvalue weighted by Gasteiger charge is 2.17. The van der Waals surface area contributed by atoms with E-state index in [9.17, 15) is 8.42 Å². The topological polar surface area (TPSA) is 69.4 Å². The lowest BCUT2D eigenvalue weighted by molar-refractivity contribution is 0.414. The fraction of sp³-hybridized carbons (Fsp3) is 0.167. The molecule has 124 valence electrons. The molecule has 0 unspecified atom stereocenters. The summed E-state index contributed by atoms with van der Waals surface area (Å²) in [6, 6.07) is 18.1. The molecule has 1 aromatic heterocycles. The standard InChI is InChI=1S/C18H17NO4S/c1-22-17-9-5-6-14(10-17)12-24(20,21)13-16-11-18(23-19-16)15-7-3-2-4-8-15/h2-11H,12-13H2,1H3. The normalized spacial score (nSPS) is 11.4. The van der Waals surface area contributed by atoms with E-state index in [0.29, 0.717) is 22.8 Å². The summed E-state index contributed by atoms with van der Waals surface area (Å²) in [7, 11) is -1.81. The van der Waals surface area contributed by atoms with Crippen LogP contribution in [0.1, 0.15) is 11.3 Å². The predicted molar refractivity (Wildman–Crippen MR) is 91.3 cm³/mol. The molecule has 0 fully saturated rings. The predicted octanol–water partition coefficient (Wildman–Crippen LogP) is 3.47. The molecule has 0 bridgehead atoms. The summed E-state index contributed by atoms with van der Waals surface area (Å²) in [4.78, 5) is 0. The van der Waals surface area contributed by atoms with Gasteiger partial charge in [-0.3, -0.25) is 0 Å². The Kier molecular flexibility index (Phi) is 4.66. The Morgan fingerprint density at radius 2 is 1.79 bits per heavy atom. The van der Waals surface area contributed by atoms with Crippen LogP contribution in [0.25, 0.3) is 11.3 Å². The second-order valence-corrected chi connectivity index (χ2v) is 7.50. The Bertz CT molecular complexity index is 917. The van der Waals surface area contributed by atoms with Crippen LogP contribution < -0.4 is 4.74 Å². The molecule has 0 amide bonds. The second-order valence-electron chi connectivity index (χ2n) is 5.43. The van der Waals surface area contributed by atoms with Crippen molar-refractivity contribution in [2.45, 2.75) is 11.5 Å². The van der Waals surface area contributed by atoms with E-state index in [2.05, 4.69) is 5.16 Å². The maximum Gasteiger partial charge on any atom is 0.167 e. The first-order chi connectivity index (χ1) is 11.6. The molecule has 0 aliphatic carbocycles. The molecule has 0 saturated heterocycles. The van der Waals surface area contributed by atoms with Crippen LogP contribution >= 0.6 is 0 Å². The van der Waals surface area contributed by atoms with E-state index >= 15 is 0 Å². The van der Waals surface area contributed by atoms with Gasteiger partial charge in [0.1, 0.15) is 5.75 Å². The molecular weight excluding hydrogens is 326 g/mol. The molecule has 5 nitrogen and oxygen atoms in total. The Labute approximate surface area is 140 Å². The van der Waals surface area contributed by atoms with Gasteiger partial charge in [0.05, 0.1) is 24.3 Å². The van der Waals surface area contributed by atoms with E-state index in [1.54, 1.807) is 37.4 Å². The molecule has 2 aromatic carbocycles. The lowest BCUT2D eigenvalue weighted by atomic mass is 10.2. The molecular formula is C18H17NO4S. The van der Waals surface area contributed by atoms with Gasteiger partial charge in [0, 0.05) is 11.6 Å². The van der Waals surface area contributed by atoms with Gasteiger partial charge in [-0.25, -0.2) is 8.42 Å². The Hall–Kier alpha value is -2.60. The zero-order valence-electron chi connectivity index (χ0n) is 13.2. The van der Waals surface area contributed by atoms with E-state index in [4.69, 9.17) is 9.26 Å². The minimum absolute atomic E-state index is 0.0717. The molecule has 1 heterocycles. The van der Waals surface area contributed by atoms with Crippen LogP contribution in [0.5, 0.6) is 5.75 Å². The zero-order chi connectivity index (χ0) is 17.0. The average molecular weight is 343 g/mol. The number of hydrogen-bond acceptors (Lipinski definition) is 5. The monoisotopic (exact) mass is 343 g/mol. The van der Waals surface area contributed by atoms with Gasteiger partial charge in [0.2, 0.25) is 0 Å². The van der Waals surface area contributed by atoms with Crippen molar-refractivity contribution in [3.05, 3.63) is 71.9 Å². The SMILES string of the molecule is COc1cccc(CS(=O)(=O)Cc2cc(-c3ccccc3)on2)c1. The number of nitrogens with zero attached hydrogens (tertiary/aromatic N) is 1. The molecule has 0 radical (unpaired) electrons. The number of hydrogen-bond donors (Lipinski definition) is 0. The first-order valence-electron chi connectivity index (χ1n) is 7.40. The Balaban J connectivity index is 1.74. The van der Waals surface area contributed by atoms with Crippen molar-refractivity contribution >= 4 is 9.84 Å². The molecule has 24 heavy (non-hydrogen) atoms. The molecule has 0 spiro atoms. The smallest absolute Gasteiger partial charge is 0.167 e. The van der Waals surface area contributed by atoms with Gasteiger partial charge >= 0.3 is 0 Å². The van der Waals surface area contributed by atoms with Crippen molar-refractivity contribution in [1.82, 2.24) is 5.16 Å². The first kappa shape index (κ1) is 16.3. The third-order valence-electron chi connectivity index (χ3n) is 3.51. The lowest BCUT2D eigenvalue weighted by Gasteiger charge is -2.05. The zero-order valence-corrected chi connectivity index (χ0v) is 14.0. The largest absolute Gasteiger partial charge is 0.497 e.